The van der Waals surface area contributed by atoms with Gasteiger partial charge < -0.3 is 34.3 Å². The maximum Gasteiger partial charge on any atom is 0.246 e. The van der Waals surface area contributed by atoms with Crippen molar-refractivity contribution in [2.24, 2.45) is 0 Å². The van der Waals surface area contributed by atoms with Gasteiger partial charge in [0.15, 0.2) is 17.4 Å². The summed E-state index contributed by atoms with van der Waals surface area (Å²) >= 11 is 0. The standard InChI is InChI=1S/C31H31N9O3/c1-20-14-21(5-6-25(20)43-23-7-10-38-11-9-33-27(38)15-23)36-30-29-24(34-19-35-30)16-26-31(37-29)39-12-13-40(22(17-39)18-42-26)28(41)4-3-8-32-2/h3-7,9-11,14-16,19,22,32H,8,12-13,17-18H2,1-2H3,(H,34,35,36)/b4-3+/t22-/m0/s1. The first kappa shape index (κ1) is 26.7. The number of nitrogens with one attached hydrogen (secondary N) is 2. The van der Waals surface area contributed by atoms with Gasteiger partial charge in [0.2, 0.25) is 5.91 Å². The predicted molar refractivity (Wildman–Crippen MR) is 163 cm³/mol. The number of imidazole rings is 1. The summed E-state index contributed by atoms with van der Waals surface area (Å²) in [7, 11) is 1.85. The molecular weight excluding hydrogens is 546 g/mol. The van der Waals surface area contributed by atoms with Gasteiger partial charge in [0, 0.05) is 68.7 Å². The fourth-order valence-electron chi connectivity index (χ4n) is 5.48. The maximum absolute atomic E-state index is 12.8. The van der Waals surface area contributed by atoms with E-state index in [0.29, 0.717) is 61.1 Å². The number of carbonyl (C=O) groups is 1. The molecule has 0 aliphatic carbocycles. The molecule has 1 saturated heterocycles. The van der Waals surface area contributed by atoms with Crippen LogP contribution in [0.1, 0.15) is 5.56 Å². The third kappa shape index (κ3) is 5.28. The van der Waals surface area contributed by atoms with Gasteiger partial charge >= 0.3 is 0 Å². The van der Waals surface area contributed by atoms with Crippen molar-refractivity contribution >= 4 is 39.9 Å². The average molecular weight is 578 g/mol. The summed E-state index contributed by atoms with van der Waals surface area (Å²) in [5.41, 5.74) is 3.94. The van der Waals surface area contributed by atoms with Crippen LogP contribution in [0.5, 0.6) is 17.2 Å². The average Bonchev–Trinajstić information content (AvgIpc) is 3.44. The summed E-state index contributed by atoms with van der Waals surface area (Å²) in [5.74, 6) is 3.45. The molecule has 5 aromatic rings. The maximum atomic E-state index is 12.8. The second kappa shape index (κ2) is 11.2. The smallest absolute Gasteiger partial charge is 0.246 e. The molecule has 1 amide bonds. The van der Waals surface area contributed by atoms with Crippen LogP contribution in [0.25, 0.3) is 16.7 Å². The van der Waals surface area contributed by atoms with Crippen molar-refractivity contribution in [1.82, 2.24) is 34.6 Å². The van der Waals surface area contributed by atoms with E-state index in [-0.39, 0.29) is 11.9 Å². The summed E-state index contributed by atoms with van der Waals surface area (Å²) in [6.07, 6.45) is 10.6. The van der Waals surface area contributed by atoms with Gasteiger partial charge in [0.05, 0.1) is 11.6 Å². The first-order chi connectivity index (χ1) is 21.1. The first-order valence-corrected chi connectivity index (χ1v) is 14.2. The Labute approximate surface area is 248 Å². The number of anilines is 3. The number of hydrogen-bond acceptors (Lipinski definition) is 10. The minimum absolute atomic E-state index is 0.00395. The summed E-state index contributed by atoms with van der Waals surface area (Å²) in [5, 5.41) is 6.44. The fraction of sp³-hybridized carbons (Fsp3) is 0.258. The van der Waals surface area contributed by atoms with Gasteiger partial charge in [0.1, 0.15) is 35.6 Å². The highest BCUT2D eigenvalue weighted by Gasteiger charge is 2.35. The summed E-state index contributed by atoms with van der Waals surface area (Å²) in [6.45, 7) is 4.92. The fourth-order valence-corrected chi connectivity index (χ4v) is 5.48. The van der Waals surface area contributed by atoms with Crippen LogP contribution < -0.4 is 25.0 Å². The number of fused-ring (bicyclic) bond motifs is 6. The van der Waals surface area contributed by atoms with Gasteiger partial charge in [-0.05, 0) is 43.8 Å². The molecule has 0 spiro atoms. The number of aryl methyl sites for hydroxylation is 1. The van der Waals surface area contributed by atoms with E-state index in [2.05, 4.69) is 30.5 Å². The molecular formula is C31H31N9O3. The van der Waals surface area contributed by atoms with Gasteiger partial charge in [-0.3, -0.25) is 4.79 Å². The van der Waals surface area contributed by atoms with Crippen molar-refractivity contribution in [1.29, 1.82) is 0 Å². The van der Waals surface area contributed by atoms with Crippen molar-refractivity contribution in [3.63, 3.8) is 0 Å². The number of piperazine rings is 1. The molecule has 2 N–H and O–H groups in total. The van der Waals surface area contributed by atoms with Crippen LogP contribution in [-0.4, -0.2) is 81.0 Å². The van der Waals surface area contributed by atoms with E-state index in [1.807, 2.05) is 78.1 Å². The minimum Gasteiger partial charge on any atom is -0.487 e. The molecule has 43 heavy (non-hydrogen) atoms. The number of rotatable bonds is 7. The van der Waals surface area contributed by atoms with Gasteiger partial charge in [0.25, 0.3) is 0 Å². The molecule has 0 radical (unpaired) electrons. The molecule has 12 nitrogen and oxygen atoms in total. The summed E-state index contributed by atoms with van der Waals surface area (Å²) in [4.78, 5) is 35.2. The van der Waals surface area contributed by atoms with E-state index in [9.17, 15) is 4.79 Å². The summed E-state index contributed by atoms with van der Waals surface area (Å²) in [6, 6.07) is 11.5. The topological polar surface area (TPSA) is 122 Å². The predicted octanol–water partition coefficient (Wildman–Crippen LogP) is 3.70. The first-order valence-electron chi connectivity index (χ1n) is 14.2. The largest absolute Gasteiger partial charge is 0.487 e. The number of nitrogens with zero attached hydrogens (tertiary/aromatic N) is 7. The van der Waals surface area contributed by atoms with Crippen LogP contribution in [0.4, 0.5) is 17.3 Å². The van der Waals surface area contributed by atoms with E-state index in [1.165, 1.54) is 6.33 Å². The Kier molecular flexibility index (Phi) is 6.95. The third-order valence-electron chi connectivity index (χ3n) is 7.67. The molecule has 4 aromatic heterocycles. The van der Waals surface area contributed by atoms with Crippen molar-refractivity contribution in [3.8, 4) is 17.2 Å². The van der Waals surface area contributed by atoms with E-state index >= 15 is 0 Å². The molecule has 2 aliphatic heterocycles. The Morgan fingerprint density at radius 2 is 2.07 bits per heavy atom. The van der Waals surface area contributed by atoms with E-state index in [4.69, 9.17) is 14.5 Å². The van der Waals surface area contributed by atoms with Crippen molar-refractivity contribution in [3.05, 3.63) is 79.0 Å². The van der Waals surface area contributed by atoms with Crippen LogP contribution >= 0.6 is 0 Å². The quantitative estimate of drug-likeness (QED) is 0.277. The number of hydrogen-bond donors (Lipinski definition) is 2. The second-order valence-corrected chi connectivity index (χ2v) is 10.6. The van der Waals surface area contributed by atoms with Crippen LogP contribution in [0, 0.1) is 6.92 Å². The minimum atomic E-state index is -0.0770. The van der Waals surface area contributed by atoms with Gasteiger partial charge in [-0.2, -0.15) is 0 Å². The molecule has 1 fully saturated rings. The highest BCUT2D eigenvalue weighted by molar-refractivity contribution is 5.90. The molecule has 2 bridgehead atoms. The van der Waals surface area contributed by atoms with Crippen LogP contribution in [0.3, 0.4) is 0 Å². The molecule has 0 unspecified atom stereocenters. The zero-order chi connectivity index (χ0) is 29.3. The number of ether oxygens (including phenoxy) is 2. The Bertz CT molecular complexity index is 1850. The molecule has 2 aliphatic rings. The normalized spacial score (nSPS) is 16.3. The molecule has 218 valence electrons. The lowest BCUT2D eigenvalue weighted by molar-refractivity contribution is -0.129. The highest BCUT2D eigenvalue weighted by Crippen LogP contribution is 2.36. The Morgan fingerprint density at radius 1 is 1.14 bits per heavy atom. The van der Waals surface area contributed by atoms with Crippen molar-refractivity contribution < 1.29 is 14.3 Å². The SMILES string of the molecule is CNC/C=C/C(=O)N1CCN2C[C@H]1COc1cc3ncnc(Nc4ccc(Oc5ccn6ccnc6c5)c(C)c4)c3nc12. The number of amides is 1. The van der Waals surface area contributed by atoms with Crippen LogP contribution in [-0.2, 0) is 4.79 Å². The van der Waals surface area contributed by atoms with Crippen molar-refractivity contribution in [2.75, 3.05) is 50.1 Å². The molecule has 1 atom stereocenters. The van der Waals surface area contributed by atoms with E-state index < -0.39 is 0 Å². The zero-order valence-corrected chi connectivity index (χ0v) is 23.9. The third-order valence-corrected chi connectivity index (χ3v) is 7.67. The monoisotopic (exact) mass is 577 g/mol. The number of pyridine rings is 2. The Balaban J connectivity index is 1.11. The number of aromatic nitrogens is 5. The number of carbonyl (C=O) groups excluding carboxylic acids is 1. The molecule has 7 rings (SSSR count). The van der Waals surface area contributed by atoms with Crippen molar-refractivity contribution in [2.45, 2.75) is 13.0 Å². The lowest BCUT2D eigenvalue weighted by atomic mass is 10.1. The summed E-state index contributed by atoms with van der Waals surface area (Å²) < 4.78 is 14.3. The Morgan fingerprint density at radius 3 is 2.95 bits per heavy atom. The second-order valence-electron chi connectivity index (χ2n) is 10.6. The lowest BCUT2D eigenvalue weighted by Gasteiger charge is -2.39. The molecule has 1 aromatic carbocycles. The van der Waals surface area contributed by atoms with Gasteiger partial charge in [-0.1, -0.05) is 6.08 Å². The van der Waals surface area contributed by atoms with Crippen LogP contribution in [0.15, 0.2) is 73.5 Å². The van der Waals surface area contributed by atoms with E-state index in [0.717, 1.165) is 28.5 Å². The highest BCUT2D eigenvalue weighted by atomic mass is 16.5. The van der Waals surface area contributed by atoms with Gasteiger partial charge in [-0.25, -0.2) is 19.9 Å². The number of likely N-dealkylation sites (N-methyl/N-ethyl adjacent to an activating group) is 1. The Hall–Kier alpha value is -5.23. The molecule has 0 saturated carbocycles. The zero-order valence-electron chi connectivity index (χ0n) is 23.9. The van der Waals surface area contributed by atoms with Crippen LogP contribution in [0.2, 0.25) is 0 Å². The number of benzene rings is 1. The lowest BCUT2D eigenvalue weighted by Crippen LogP contribution is -2.56. The van der Waals surface area contributed by atoms with E-state index in [1.54, 1.807) is 12.3 Å². The molecule has 12 heteroatoms. The molecule has 6 heterocycles. The van der Waals surface area contributed by atoms with Gasteiger partial charge in [-0.15, -0.1) is 0 Å².